The number of aromatic nitrogens is 1. The van der Waals surface area contributed by atoms with Crippen LogP contribution in [0.3, 0.4) is 0 Å². The standard InChI is InChI=1S/C16H20N2O2S/c1-4-13-10-17-16(21-13)11(2)18-15(19)9-12-7-5-6-8-14(12)20-3/h5-8,10-11H,4,9H2,1-3H3,(H,18,19)/t11-/m0/s1. The molecule has 1 N–H and O–H groups in total. The lowest BCUT2D eigenvalue weighted by Crippen LogP contribution is -2.28. The number of carbonyl (C=O) groups is 1. The van der Waals surface area contributed by atoms with E-state index >= 15 is 0 Å². The molecule has 0 unspecified atom stereocenters. The van der Waals surface area contributed by atoms with Crippen molar-refractivity contribution in [3.63, 3.8) is 0 Å². The van der Waals surface area contributed by atoms with Crippen LogP contribution in [0.1, 0.15) is 35.3 Å². The molecule has 0 radical (unpaired) electrons. The number of aryl methyl sites for hydroxylation is 1. The van der Waals surface area contributed by atoms with Gasteiger partial charge in [0, 0.05) is 16.6 Å². The number of amides is 1. The molecule has 0 aliphatic carbocycles. The van der Waals surface area contributed by atoms with E-state index < -0.39 is 0 Å². The summed E-state index contributed by atoms with van der Waals surface area (Å²) in [5.41, 5.74) is 0.887. The quantitative estimate of drug-likeness (QED) is 0.892. The second-order valence-electron chi connectivity index (χ2n) is 4.80. The molecule has 0 fully saturated rings. The van der Waals surface area contributed by atoms with Crippen LogP contribution in [0, 0.1) is 0 Å². The predicted octanol–water partition coefficient (Wildman–Crippen LogP) is 3.13. The van der Waals surface area contributed by atoms with Crippen molar-refractivity contribution < 1.29 is 9.53 Å². The summed E-state index contributed by atoms with van der Waals surface area (Å²) in [6.07, 6.45) is 3.16. The number of para-hydroxylation sites is 1. The highest BCUT2D eigenvalue weighted by molar-refractivity contribution is 7.11. The molecule has 1 heterocycles. The number of thiazole rings is 1. The van der Waals surface area contributed by atoms with E-state index in [-0.39, 0.29) is 11.9 Å². The fourth-order valence-electron chi connectivity index (χ4n) is 2.06. The zero-order chi connectivity index (χ0) is 15.2. The molecule has 5 heteroatoms. The zero-order valence-corrected chi connectivity index (χ0v) is 13.4. The average Bonchev–Trinajstić information content (AvgIpc) is 2.96. The van der Waals surface area contributed by atoms with E-state index in [4.69, 9.17) is 4.74 Å². The molecule has 1 aromatic carbocycles. The molecular formula is C16H20N2O2S. The first kappa shape index (κ1) is 15.5. The van der Waals surface area contributed by atoms with E-state index in [1.54, 1.807) is 18.4 Å². The molecule has 2 rings (SSSR count). The van der Waals surface area contributed by atoms with Crippen LogP contribution in [0.25, 0.3) is 0 Å². The van der Waals surface area contributed by atoms with E-state index in [1.165, 1.54) is 4.88 Å². The molecule has 0 spiro atoms. The summed E-state index contributed by atoms with van der Waals surface area (Å²) < 4.78 is 5.26. The number of methoxy groups -OCH3 is 1. The van der Waals surface area contributed by atoms with Gasteiger partial charge in [-0.15, -0.1) is 11.3 Å². The minimum absolute atomic E-state index is 0.0275. The van der Waals surface area contributed by atoms with Crippen molar-refractivity contribution in [3.8, 4) is 5.75 Å². The topological polar surface area (TPSA) is 51.2 Å². The van der Waals surface area contributed by atoms with Crippen molar-refractivity contribution in [2.45, 2.75) is 32.7 Å². The van der Waals surface area contributed by atoms with Gasteiger partial charge >= 0.3 is 0 Å². The number of benzene rings is 1. The highest BCUT2D eigenvalue weighted by Gasteiger charge is 2.14. The lowest BCUT2D eigenvalue weighted by Gasteiger charge is -2.12. The SMILES string of the molecule is CCc1cnc([C@H](C)NC(=O)Cc2ccccc2OC)s1. The van der Waals surface area contributed by atoms with E-state index in [2.05, 4.69) is 17.2 Å². The third kappa shape index (κ3) is 4.04. The third-order valence-corrected chi connectivity index (χ3v) is 4.54. The monoisotopic (exact) mass is 304 g/mol. The van der Waals surface area contributed by atoms with Crippen molar-refractivity contribution in [2.75, 3.05) is 7.11 Å². The number of carbonyl (C=O) groups excluding carboxylic acids is 1. The molecule has 112 valence electrons. The van der Waals surface area contributed by atoms with Crippen molar-refractivity contribution in [2.24, 2.45) is 0 Å². The number of ether oxygens (including phenoxy) is 1. The Morgan fingerprint density at radius 2 is 2.19 bits per heavy atom. The van der Waals surface area contributed by atoms with E-state index in [0.717, 1.165) is 22.7 Å². The Morgan fingerprint density at radius 3 is 2.86 bits per heavy atom. The second-order valence-corrected chi connectivity index (χ2v) is 5.94. The first-order chi connectivity index (χ1) is 10.1. The summed E-state index contributed by atoms with van der Waals surface area (Å²) in [5.74, 6) is 0.711. The van der Waals surface area contributed by atoms with Gasteiger partial charge in [-0.05, 0) is 19.4 Å². The largest absolute Gasteiger partial charge is 0.496 e. The zero-order valence-electron chi connectivity index (χ0n) is 12.6. The van der Waals surface area contributed by atoms with Crippen LogP contribution < -0.4 is 10.1 Å². The van der Waals surface area contributed by atoms with Crippen LogP contribution in [-0.2, 0) is 17.6 Å². The maximum absolute atomic E-state index is 12.2. The van der Waals surface area contributed by atoms with Crippen LogP contribution in [0.2, 0.25) is 0 Å². The first-order valence-corrected chi connectivity index (χ1v) is 7.81. The van der Waals surface area contributed by atoms with Gasteiger partial charge in [0.25, 0.3) is 0 Å². The highest BCUT2D eigenvalue weighted by atomic mass is 32.1. The summed E-state index contributed by atoms with van der Waals surface area (Å²) >= 11 is 1.65. The fourth-order valence-corrected chi connectivity index (χ4v) is 2.92. The van der Waals surface area contributed by atoms with E-state index in [0.29, 0.717) is 6.42 Å². The number of rotatable bonds is 6. The summed E-state index contributed by atoms with van der Waals surface area (Å²) in [6.45, 7) is 4.06. The third-order valence-electron chi connectivity index (χ3n) is 3.21. The molecule has 1 amide bonds. The molecule has 1 atom stereocenters. The van der Waals surface area contributed by atoms with Gasteiger partial charge in [-0.3, -0.25) is 4.79 Å². The van der Waals surface area contributed by atoms with Crippen molar-refractivity contribution in [1.29, 1.82) is 0 Å². The van der Waals surface area contributed by atoms with Gasteiger partial charge in [-0.2, -0.15) is 0 Å². The van der Waals surface area contributed by atoms with Gasteiger partial charge < -0.3 is 10.1 Å². The van der Waals surface area contributed by atoms with Crippen molar-refractivity contribution in [1.82, 2.24) is 10.3 Å². The Labute approximate surface area is 129 Å². The van der Waals surface area contributed by atoms with Gasteiger partial charge in [-0.25, -0.2) is 4.98 Å². The Hall–Kier alpha value is -1.88. The van der Waals surface area contributed by atoms with Crippen LogP contribution in [-0.4, -0.2) is 18.0 Å². The van der Waals surface area contributed by atoms with Crippen LogP contribution in [0.15, 0.2) is 30.5 Å². The van der Waals surface area contributed by atoms with Gasteiger partial charge in [0.15, 0.2) is 0 Å². The predicted molar refractivity (Wildman–Crippen MR) is 84.7 cm³/mol. The molecule has 21 heavy (non-hydrogen) atoms. The lowest BCUT2D eigenvalue weighted by atomic mass is 10.1. The maximum atomic E-state index is 12.2. The Kier molecular flexibility index (Phi) is 5.33. The molecule has 1 aromatic heterocycles. The van der Waals surface area contributed by atoms with Crippen molar-refractivity contribution in [3.05, 3.63) is 45.9 Å². The smallest absolute Gasteiger partial charge is 0.225 e. The Balaban J connectivity index is 1.98. The van der Waals surface area contributed by atoms with Gasteiger partial charge in [0.05, 0.1) is 19.6 Å². The molecule has 0 bridgehead atoms. The number of hydrogen-bond acceptors (Lipinski definition) is 4. The highest BCUT2D eigenvalue weighted by Crippen LogP contribution is 2.21. The molecule has 2 aromatic rings. The average molecular weight is 304 g/mol. The van der Waals surface area contributed by atoms with Crippen LogP contribution >= 0.6 is 11.3 Å². The Morgan fingerprint density at radius 1 is 1.43 bits per heavy atom. The summed E-state index contributed by atoms with van der Waals surface area (Å²) in [5, 5.41) is 3.93. The fraction of sp³-hybridized carbons (Fsp3) is 0.375. The first-order valence-electron chi connectivity index (χ1n) is 7.00. The summed E-state index contributed by atoms with van der Waals surface area (Å²) in [6, 6.07) is 7.49. The van der Waals surface area contributed by atoms with Crippen molar-refractivity contribution >= 4 is 17.2 Å². The van der Waals surface area contributed by atoms with Crippen LogP contribution in [0.5, 0.6) is 5.75 Å². The summed E-state index contributed by atoms with van der Waals surface area (Å²) in [4.78, 5) is 17.7. The molecule has 0 aliphatic rings. The minimum Gasteiger partial charge on any atom is -0.496 e. The van der Waals surface area contributed by atoms with E-state index in [1.807, 2.05) is 37.4 Å². The summed E-state index contributed by atoms with van der Waals surface area (Å²) in [7, 11) is 1.61. The molecule has 4 nitrogen and oxygen atoms in total. The second kappa shape index (κ2) is 7.22. The maximum Gasteiger partial charge on any atom is 0.225 e. The normalized spacial score (nSPS) is 12.0. The van der Waals surface area contributed by atoms with Gasteiger partial charge in [0.2, 0.25) is 5.91 Å². The Bertz CT molecular complexity index is 610. The van der Waals surface area contributed by atoms with Crippen LogP contribution in [0.4, 0.5) is 0 Å². The molecule has 0 saturated carbocycles. The number of hydrogen-bond donors (Lipinski definition) is 1. The number of nitrogens with zero attached hydrogens (tertiary/aromatic N) is 1. The minimum atomic E-state index is -0.0718. The van der Waals surface area contributed by atoms with Gasteiger partial charge in [0.1, 0.15) is 10.8 Å². The lowest BCUT2D eigenvalue weighted by molar-refractivity contribution is -0.121. The van der Waals surface area contributed by atoms with Gasteiger partial charge in [-0.1, -0.05) is 25.1 Å². The molecule has 0 saturated heterocycles. The molecular weight excluding hydrogens is 284 g/mol. The van der Waals surface area contributed by atoms with E-state index in [9.17, 15) is 4.79 Å². The molecule has 0 aliphatic heterocycles. The number of nitrogens with one attached hydrogen (secondary N) is 1.